The number of carbonyl (C=O) groups excluding carboxylic acids is 1. The smallest absolute Gasteiger partial charge is 0.241 e. The number of carbonyl (C=O) groups is 1. The van der Waals surface area contributed by atoms with Crippen LogP contribution in [0.25, 0.3) is 6.08 Å². The molecule has 2 aliphatic rings. The van der Waals surface area contributed by atoms with Crippen molar-refractivity contribution in [2.75, 3.05) is 51.3 Å². The molecule has 2 aliphatic heterocycles. The number of rotatable bonds is 6. The first kappa shape index (κ1) is 20.4. The molecule has 0 spiro atoms. The van der Waals surface area contributed by atoms with Gasteiger partial charge in [-0.05, 0) is 24.6 Å². The van der Waals surface area contributed by atoms with E-state index in [4.69, 9.17) is 9.47 Å². The summed E-state index contributed by atoms with van der Waals surface area (Å²) in [4.78, 5) is 17.4. The van der Waals surface area contributed by atoms with Gasteiger partial charge in [0, 0.05) is 44.5 Å². The second-order valence-electron chi connectivity index (χ2n) is 7.67. The Morgan fingerprint density at radius 3 is 2.53 bits per heavy atom. The van der Waals surface area contributed by atoms with Gasteiger partial charge in [0.15, 0.2) is 11.5 Å². The van der Waals surface area contributed by atoms with E-state index in [1.165, 1.54) is 5.56 Å². The lowest BCUT2D eigenvalue weighted by atomic mass is 10.2. The summed E-state index contributed by atoms with van der Waals surface area (Å²) >= 11 is 0. The molecule has 1 N–H and O–H groups in total. The molecule has 1 unspecified atom stereocenters. The van der Waals surface area contributed by atoms with Crippen LogP contribution in [0.2, 0.25) is 0 Å². The van der Waals surface area contributed by atoms with Gasteiger partial charge < -0.3 is 14.8 Å². The number of amides is 1. The van der Waals surface area contributed by atoms with Gasteiger partial charge in [0.05, 0.1) is 6.04 Å². The third kappa shape index (κ3) is 5.20. The van der Waals surface area contributed by atoms with Crippen LogP contribution in [0.5, 0.6) is 11.5 Å². The Kier molecular flexibility index (Phi) is 6.67. The normalized spacial score (nSPS) is 18.3. The van der Waals surface area contributed by atoms with Gasteiger partial charge >= 0.3 is 0 Å². The standard InChI is InChI=1S/C24H29N3O3/c1-19(24(28)25-21-9-10-22-23(18-21)30-17-16-29-22)27-14-12-26(13-15-27)11-5-8-20-6-3-2-4-7-20/h2-10,18-19H,11-17H2,1H3,(H,25,28). The minimum Gasteiger partial charge on any atom is -0.486 e. The van der Waals surface area contributed by atoms with Crippen LogP contribution in [0.3, 0.4) is 0 Å². The monoisotopic (exact) mass is 407 g/mol. The summed E-state index contributed by atoms with van der Waals surface area (Å²) in [6, 6.07) is 15.7. The lowest BCUT2D eigenvalue weighted by molar-refractivity contribution is -0.121. The van der Waals surface area contributed by atoms with Crippen LogP contribution in [-0.2, 0) is 4.79 Å². The Labute approximate surface area is 178 Å². The van der Waals surface area contributed by atoms with E-state index in [0.29, 0.717) is 19.0 Å². The Morgan fingerprint density at radius 2 is 1.77 bits per heavy atom. The van der Waals surface area contributed by atoms with Gasteiger partial charge in [0.2, 0.25) is 5.91 Å². The van der Waals surface area contributed by atoms with E-state index in [0.717, 1.165) is 44.2 Å². The quantitative estimate of drug-likeness (QED) is 0.798. The topological polar surface area (TPSA) is 54.0 Å². The fraction of sp³-hybridized carbons (Fsp3) is 0.375. The third-order valence-electron chi connectivity index (χ3n) is 5.62. The Balaban J connectivity index is 1.24. The van der Waals surface area contributed by atoms with Crippen molar-refractivity contribution in [1.29, 1.82) is 0 Å². The van der Waals surface area contributed by atoms with Gasteiger partial charge in [-0.3, -0.25) is 14.6 Å². The zero-order valence-corrected chi connectivity index (χ0v) is 17.4. The molecule has 0 aliphatic carbocycles. The molecule has 1 saturated heterocycles. The predicted octanol–water partition coefficient (Wildman–Crippen LogP) is 3.12. The van der Waals surface area contributed by atoms with E-state index in [2.05, 4.69) is 51.5 Å². The summed E-state index contributed by atoms with van der Waals surface area (Å²) in [5, 5.41) is 3.01. The number of nitrogens with zero attached hydrogens (tertiary/aromatic N) is 2. The van der Waals surface area contributed by atoms with Crippen molar-refractivity contribution in [3.63, 3.8) is 0 Å². The molecular formula is C24H29N3O3. The largest absolute Gasteiger partial charge is 0.486 e. The van der Waals surface area contributed by atoms with Gasteiger partial charge in [-0.15, -0.1) is 0 Å². The number of anilines is 1. The Bertz CT molecular complexity index is 877. The zero-order valence-electron chi connectivity index (χ0n) is 17.4. The first-order valence-corrected chi connectivity index (χ1v) is 10.6. The molecule has 0 saturated carbocycles. The zero-order chi connectivity index (χ0) is 20.8. The molecule has 6 nitrogen and oxygen atoms in total. The number of ether oxygens (including phenoxy) is 2. The van der Waals surface area contributed by atoms with E-state index in [-0.39, 0.29) is 11.9 Å². The average molecular weight is 408 g/mol. The van der Waals surface area contributed by atoms with Crippen molar-refractivity contribution in [1.82, 2.24) is 9.80 Å². The molecule has 0 aromatic heterocycles. The highest BCUT2D eigenvalue weighted by molar-refractivity contribution is 5.94. The van der Waals surface area contributed by atoms with E-state index in [9.17, 15) is 4.79 Å². The Morgan fingerprint density at radius 1 is 1.03 bits per heavy atom. The molecule has 0 bridgehead atoms. The van der Waals surface area contributed by atoms with Gasteiger partial charge in [-0.2, -0.15) is 0 Å². The highest BCUT2D eigenvalue weighted by Crippen LogP contribution is 2.32. The number of piperazine rings is 1. The molecule has 2 heterocycles. The summed E-state index contributed by atoms with van der Waals surface area (Å²) in [5.41, 5.74) is 1.96. The van der Waals surface area contributed by atoms with Gasteiger partial charge in [0.25, 0.3) is 0 Å². The number of hydrogen-bond acceptors (Lipinski definition) is 5. The maximum atomic E-state index is 12.7. The van der Waals surface area contributed by atoms with Crippen LogP contribution in [0.4, 0.5) is 5.69 Å². The van der Waals surface area contributed by atoms with Crippen molar-refractivity contribution in [2.45, 2.75) is 13.0 Å². The van der Waals surface area contributed by atoms with Crippen LogP contribution >= 0.6 is 0 Å². The molecule has 0 radical (unpaired) electrons. The van der Waals surface area contributed by atoms with Crippen LogP contribution < -0.4 is 14.8 Å². The van der Waals surface area contributed by atoms with Crippen LogP contribution in [0.1, 0.15) is 12.5 Å². The van der Waals surface area contributed by atoms with Crippen molar-refractivity contribution in [2.24, 2.45) is 0 Å². The number of fused-ring (bicyclic) bond motifs is 1. The molecule has 2 aromatic rings. The third-order valence-corrected chi connectivity index (χ3v) is 5.62. The maximum Gasteiger partial charge on any atom is 0.241 e. The SMILES string of the molecule is CC(C(=O)Nc1ccc2c(c1)OCCO2)N1CCN(CC=Cc2ccccc2)CC1. The fourth-order valence-corrected chi connectivity index (χ4v) is 3.77. The van der Waals surface area contributed by atoms with Gasteiger partial charge in [-0.1, -0.05) is 42.5 Å². The number of hydrogen-bond donors (Lipinski definition) is 1. The van der Waals surface area contributed by atoms with Gasteiger partial charge in [0.1, 0.15) is 13.2 Å². The summed E-state index contributed by atoms with van der Waals surface area (Å²) in [6.45, 7) is 7.68. The molecule has 1 fully saturated rings. The lowest BCUT2D eigenvalue weighted by Gasteiger charge is -2.37. The molecule has 2 aromatic carbocycles. The van der Waals surface area contributed by atoms with Crippen molar-refractivity contribution < 1.29 is 14.3 Å². The average Bonchev–Trinajstić information content (AvgIpc) is 2.80. The maximum absolute atomic E-state index is 12.7. The second-order valence-corrected chi connectivity index (χ2v) is 7.67. The molecule has 158 valence electrons. The van der Waals surface area contributed by atoms with E-state index >= 15 is 0 Å². The van der Waals surface area contributed by atoms with E-state index in [1.54, 1.807) is 0 Å². The summed E-state index contributed by atoms with van der Waals surface area (Å²) < 4.78 is 11.1. The number of nitrogens with one attached hydrogen (secondary N) is 1. The highest BCUT2D eigenvalue weighted by Gasteiger charge is 2.25. The molecular weight excluding hydrogens is 378 g/mol. The first-order valence-electron chi connectivity index (χ1n) is 10.6. The van der Waals surface area contributed by atoms with Crippen molar-refractivity contribution in [3.05, 3.63) is 60.2 Å². The molecule has 4 rings (SSSR count). The minimum atomic E-state index is -0.180. The van der Waals surface area contributed by atoms with Crippen LogP contribution in [0, 0.1) is 0 Å². The summed E-state index contributed by atoms with van der Waals surface area (Å²) in [6.07, 6.45) is 4.37. The lowest BCUT2D eigenvalue weighted by Crippen LogP contribution is -2.52. The Hall–Kier alpha value is -2.83. The van der Waals surface area contributed by atoms with E-state index in [1.807, 2.05) is 31.2 Å². The summed E-state index contributed by atoms with van der Waals surface area (Å²) in [7, 11) is 0. The second kappa shape index (κ2) is 9.78. The first-order chi connectivity index (χ1) is 14.7. The van der Waals surface area contributed by atoms with Gasteiger partial charge in [-0.25, -0.2) is 0 Å². The molecule has 6 heteroatoms. The predicted molar refractivity (Wildman–Crippen MR) is 119 cm³/mol. The van der Waals surface area contributed by atoms with Crippen molar-refractivity contribution in [3.8, 4) is 11.5 Å². The van der Waals surface area contributed by atoms with Crippen LogP contribution in [0.15, 0.2) is 54.6 Å². The number of benzene rings is 2. The summed E-state index contributed by atoms with van der Waals surface area (Å²) in [5.74, 6) is 1.41. The minimum absolute atomic E-state index is 0.00380. The highest BCUT2D eigenvalue weighted by atomic mass is 16.6. The van der Waals surface area contributed by atoms with Crippen LogP contribution in [-0.4, -0.2) is 67.7 Å². The fourth-order valence-electron chi connectivity index (χ4n) is 3.77. The van der Waals surface area contributed by atoms with Crippen molar-refractivity contribution >= 4 is 17.7 Å². The molecule has 1 amide bonds. The molecule has 1 atom stereocenters. The molecule has 30 heavy (non-hydrogen) atoms. The van der Waals surface area contributed by atoms with E-state index < -0.39 is 0 Å².